The minimum absolute atomic E-state index is 0.297. The summed E-state index contributed by atoms with van der Waals surface area (Å²) in [5.74, 6) is 0.921. The smallest absolute Gasteiger partial charge is 0.119 e. The van der Waals surface area contributed by atoms with Gasteiger partial charge in [0.15, 0.2) is 0 Å². The molecule has 4 heteroatoms. The molecule has 0 aliphatic carbocycles. The standard InChI is InChI=1S/C15H20N2OS/c1-11-4-6-14(7-5-11)18-9-12(2)16-8-15-17-13(3)10-19-15/h4-7,10,12,16H,8-9H2,1-3H3. The number of aromatic nitrogens is 1. The third kappa shape index (κ3) is 4.65. The average Bonchev–Trinajstić information content (AvgIpc) is 2.81. The topological polar surface area (TPSA) is 34.1 Å². The van der Waals surface area contributed by atoms with Crippen molar-refractivity contribution in [2.24, 2.45) is 0 Å². The Morgan fingerprint density at radius 1 is 1.26 bits per heavy atom. The SMILES string of the molecule is Cc1ccc(OCC(C)NCc2nc(C)cs2)cc1. The summed E-state index contributed by atoms with van der Waals surface area (Å²) in [5, 5.41) is 6.62. The molecule has 0 aliphatic heterocycles. The van der Waals surface area contributed by atoms with E-state index in [0.717, 1.165) is 23.0 Å². The first kappa shape index (κ1) is 14.0. The van der Waals surface area contributed by atoms with Gasteiger partial charge in [-0.05, 0) is 32.9 Å². The number of ether oxygens (including phenoxy) is 1. The van der Waals surface area contributed by atoms with Gasteiger partial charge in [-0.25, -0.2) is 4.98 Å². The van der Waals surface area contributed by atoms with E-state index in [4.69, 9.17) is 4.74 Å². The van der Waals surface area contributed by atoms with Crippen LogP contribution in [-0.2, 0) is 6.54 Å². The fourth-order valence-corrected chi connectivity index (χ4v) is 2.38. The van der Waals surface area contributed by atoms with E-state index < -0.39 is 0 Å². The highest BCUT2D eigenvalue weighted by atomic mass is 32.1. The van der Waals surface area contributed by atoms with Gasteiger partial charge in [-0.2, -0.15) is 0 Å². The molecule has 2 aromatic rings. The predicted molar refractivity (Wildman–Crippen MR) is 79.8 cm³/mol. The molecule has 19 heavy (non-hydrogen) atoms. The van der Waals surface area contributed by atoms with Gasteiger partial charge in [0, 0.05) is 23.7 Å². The molecule has 0 radical (unpaired) electrons. The van der Waals surface area contributed by atoms with Crippen molar-refractivity contribution in [3.8, 4) is 5.75 Å². The highest BCUT2D eigenvalue weighted by Gasteiger charge is 2.04. The van der Waals surface area contributed by atoms with Crippen LogP contribution in [0.15, 0.2) is 29.6 Å². The summed E-state index contributed by atoms with van der Waals surface area (Å²) in [4.78, 5) is 4.43. The summed E-state index contributed by atoms with van der Waals surface area (Å²) in [7, 11) is 0. The van der Waals surface area contributed by atoms with Crippen LogP contribution in [0.1, 0.15) is 23.2 Å². The lowest BCUT2D eigenvalue weighted by Crippen LogP contribution is -2.31. The maximum atomic E-state index is 5.74. The minimum atomic E-state index is 0.297. The van der Waals surface area contributed by atoms with Crippen molar-refractivity contribution in [1.29, 1.82) is 0 Å². The van der Waals surface area contributed by atoms with Crippen molar-refractivity contribution in [3.05, 3.63) is 45.9 Å². The van der Waals surface area contributed by atoms with E-state index in [-0.39, 0.29) is 0 Å². The van der Waals surface area contributed by atoms with Crippen LogP contribution >= 0.6 is 11.3 Å². The molecule has 0 saturated heterocycles. The number of benzene rings is 1. The quantitative estimate of drug-likeness (QED) is 0.879. The zero-order chi connectivity index (χ0) is 13.7. The van der Waals surface area contributed by atoms with Gasteiger partial charge >= 0.3 is 0 Å². The van der Waals surface area contributed by atoms with Gasteiger partial charge < -0.3 is 10.1 Å². The Hall–Kier alpha value is -1.39. The molecule has 0 aliphatic rings. The van der Waals surface area contributed by atoms with E-state index in [2.05, 4.69) is 41.7 Å². The highest BCUT2D eigenvalue weighted by molar-refractivity contribution is 7.09. The second-order valence-electron chi connectivity index (χ2n) is 4.79. The summed E-state index contributed by atoms with van der Waals surface area (Å²) in [6, 6.07) is 8.43. The van der Waals surface area contributed by atoms with E-state index in [0.29, 0.717) is 12.6 Å². The van der Waals surface area contributed by atoms with Crippen LogP contribution in [0.3, 0.4) is 0 Å². The third-order valence-corrected chi connectivity index (χ3v) is 3.76. The first-order valence-electron chi connectivity index (χ1n) is 6.47. The molecule has 102 valence electrons. The van der Waals surface area contributed by atoms with Crippen LogP contribution in [0.5, 0.6) is 5.75 Å². The molecular weight excluding hydrogens is 256 g/mol. The molecular formula is C15H20N2OS. The molecule has 0 fully saturated rings. The van der Waals surface area contributed by atoms with Gasteiger partial charge in [0.1, 0.15) is 17.4 Å². The lowest BCUT2D eigenvalue weighted by molar-refractivity contribution is 0.272. The first-order chi connectivity index (χ1) is 9.13. The predicted octanol–water partition coefficient (Wildman–Crippen LogP) is 3.32. The summed E-state index contributed by atoms with van der Waals surface area (Å²) >= 11 is 1.69. The molecule has 3 nitrogen and oxygen atoms in total. The Morgan fingerprint density at radius 3 is 2.63 bits per heavy atom. The summed E-state index contributed by atoms with van der Waals surface area (Å²) in [6.45, 7) is 7.67. The van der Waals surface area contributed by atoms with Gasteiger partial charge in [-0.15, -0.1) is 11.3 Å². The molecule has 0 amide bonds. The van der Waals surface area contributed by atoms with Crippen molar-refractivity contribution in [1.82, 2.24) is 10.3 Å². The fraction of sp³-hybridized carbons (Fsp3) is 0.400. The van der Waals surface area contributed by atoms with Crippen molar-refractivity contribution in [3.63, 3.8) is 0 Å². The molecule has 1 aromatic carbocycles. The van der Waals surface area contributed by atoms with Crippen molar-refractivity contribution >= 4 is 11.3 Å². The molecule has 0 saturated carbocycles. The molecule has 1 N–H and O–H groups in total. The summed E-state index contributed by atoms with van der Waals surface area (Å²) < 4.78 is 5.74. The molecule has 2 rings (SSSR count). The number of nitrogens with zero attached hydrogens (tertiary/aromatic N) is 1. The number of thiazole rings is 1. The fourth-order valence-electron chi connectivity index (χ4n) is 1.66. The van der Waals surface area contributed by atoms with Gasteiger partial charge in [0.25, 0.3) is 0 Å². The van der Waals surface area contributed by atoms with Gasteiger partial charge in [0.2, 0.25) is 0 Å². The zero-order valence-electron chi connectivity index (χ0n) is 11.6. The highest BCUT2D eigenvalue weighted by Crippen LogP contribution is 2.12. The van der Waals surface area contributed by atoms with Gasteiger partial charge in [-0.1, -0.05) is 17.7 Å². The Bertz CT molecular complexity index is 507. The minimum Gasteiger partial charge on any atom is -0.492 e. The maximum absolute atomic E-state index is 5.74. The number of nitrogens with one attached hydrogen (secondary N) is 1. The monoisotopic (exact) mass is 276 g/mol. The number of hydrogen-bond donors (Lipinski definition) is 1. The van der Waals surface area contributed by atoms with E-state index in [1.807, 2.05) is 19.1 Å². The Balaban J connectivity index is 1.72. The van der Waals surface area contributed by atoms with Crippen LogP contribution < -0.4 is 10.1 Å². The van der Waals surface area contributed by atoms with Gasteiger partial charge in [-0.3, -0.25) is 0 Å². The Morgan fingerprint density at radius 2 is 2.00 bits per heavy atom. The first-order valence-corrected chi connectivity index (χ1v) is 7.35. The maximum Gasteiger partial charge on any atom is 0.119 e. The van der Waals surface area contributed by atoms with Crippen LogP contribution in [0, 0.1) is 13.8 Å². The van der Waals surface area contributed by atoms with Crippen molar-refractivity contribution in [2.45, 2.75) is 33.4 Å². The second kappa shape index (κ2) is 6.68. The van der Waals surface area contributed by atoms with Crippen molar-refractivity contribution in [2.75, 3.05) is 6.61 Å². The van der Waals surface area contributed by atoms with Crippen LogP contribution in [0.25, 0.3) is 0 Å². The lowest BCUT2D eigenvalue weighted by Gasteiger charge is -2.14. The third-order valence-electron chi connectivity index (χ3n) is 2.79. The zero-order valence-corrected chi connectivity index (χ0v) is 12.5. The van der Waals surface area contributed by atoms with Crippen LogP contribution in [0.2, 0.25) is 0 Å². The van der Waals surface area contributed by atoms with Crippen molar-refractivity contribution < 1.29 is 4.74 Å². The van der Waals surface area contributed by atoms with E-state index in [1.54, 1.807) is 11.3 Å². The van der Waals surface area contributed by atoms with Crippen LogP contribution in [-0.4, -0.2) is 17.6 Å². The molecule has 1 aromatic heterocycles. The molecule has 0 bridgehead atoms. The van der Waals surface area contributed by atoms with E-state index in [9.17, 15) is 0 Å². The van der Waals surface area contributed by atoms with Gasteiger partial charge in [0.05, 0.1) is 0 Å². The Kier molecular flexibility index (Phi) is 4.93. The van der Waals surface area contributed by atoms with E-state index >= 15 is 0 Å². The van der Waals surface area contributed by atoms with Crippen LogP contribution in [0.4, 0.5) is 0 Å². The lowest BCUT2D eigenvalue weighted by atomic mass is 10.2. The number of aryl methyl sites for hydroxylation is 2. The average molecular weight is 276 g/mol. The number of hydrogen-bond acceptors (Lipinski definition) is 4. The normalized spacial score (nSPS) is 12.4. The molecule has 1 atom stereocenters. The number of rotatable bonds is 6. The molecule has 1 heterocycles. The van der Waals surface area contributed by atoms with E-state index in [1.165, 1.54) is 5.56 Å². The Labute approximate surface area is 118 Å². The largest absolute Gasteiger partial charge is 0.492 e. The summed E-state index contributed by atoms with van der Waals surface area (Å²) in [5.41, 5.74) is 2.34. The molecule has 1 unspecified atom stereocenters. The molecule has 0 spiro atoms. The summed E-state index contributed by atoms with van der Waals surface area (Å²) in [6.07, 6.45) is 0. The second-order valence-corrected chi connectivity index (χ2v) is 5.73.